The van der Waals surface area contributed by atoms with Crippen LogP contribution in [0.2, 0.25) is 5.02 Å². The van der Waals surface area contributed by atoms with Crippen molar-refractivity contribution in [2.45, 2.75) is 6.04 Å². The number of benzene rings is 2. The molecule has 0 aliphatic carbocycles. The number of halogens is 1. The molecule has 0 saturated carbocycles. The first kappa shape index (κ1) is 12.6. The van der Waals surface area contributed by atoms with Crippen molar-refractivity contribution in [3.63, 3.8) is 0 Å². The summed E-state index contributed by atoms with van der Waals surface area (Å²) >= 11 is 5.84. The minimum Gasteiger partial charge on any atom is -0.324 e. The third kappa shape index (κ3) is 3.09. The van der Waals surface area contributed by atoms with Gasteiger partial charge in [-0.15, -0.1) is 0 Å². The number of carbonyl (C=O) groups excluding carboxylic acids is 1. The lowest BCUT2D eigenvalue weighted by Crippen LogP contribution is -2.27. The second-order valence-electron chi connectivity index (χ2n) is 3.89. The van der Waals surface area contributed by atoms with Crippen LogP contribution in [0.5, 0.6) is 0 Å². The van der Waals surface area contributed by atoms with Gasteiger partial charge in [-0.05, 0) is 23.8 Å². The fraction of sp³-hybridized carbons (Fsp3) is 0.0714. The first-order valence-electron chi connectivity index (χ1n) is 5.54. The topological polar surface area (TPSA) is 55.1 Å². The average molecular weight is 261 g/mol. The molecule has 0 unspecified atom stereocenters. The van der Waals surface area contributed by atoms with Crippen molar-refractivity contribution in [3.8, 4) is 0 Å². The van der Waals surface area contributed by atoms with E-state index in [0.717, 1.165) is 5.56 Å². The van der Waals surface area contributed by atoms with Crippen LogP contribution in [-0.4, -0.2) is 5.91 Å². The van der Waals surface area contributed by atoms with E-state index in [4.69, 9.17) is 17.3 Å². The van der Waals surface area contributed by atoms with Crippen LogP contribution in [0.1, 0.15) is 11.6 Å². The van der Waals surface area contributed by atoms with E-state index in [1.54, 1.807) is 24.3 Å². The summed E-state index contributed by atoms with van der Waals surface area (Å²) in [6.07, 6.45) is 0. The van der Waals surface area contributed by atoms with Gasteiger partial charge in [-0.3, -0.25) is 4.79 Å². The molecule has 0 radical (unpaired) electrons. The quantitative estimate of drug-likeness (QED) is 0.891. The third-order valence-electron chi connectivity index (χ3n) is 2.53. The van der Waals surface area contributed by atoms with E-state index in [0.29, 0.717) is 10.7 Å². The first-order valence-corrected chi connectivity index (χ1v) is 5.91. The van der Waals surface area contributed by atoms with Gasteiger partial charge in [0.2, 0.25) is 5.91 Å². The smallest absolute Gasteiger partial charge is 0.245 e. The van der Waals surface area contributed by atoms with Crippen LogP contribution in [0.15, 0.2) is 54.6 Å². The van der Waals surface area contributed by atoms with Gasteiger partial charge in [-0.2, -0.15) is 0 Å². The van der Waals surface area contributed by atoms with E-state index >= 15 is 0 Å². The average Bonchev–Trinajstić information content (AvgIpc) is 2.39. The van der Waals surface area contributed by atoms with Crippen LogP contribution in [0, 0.1) is 0 Å². The molecule has 0 aromatic heterocycles. The Morgan fingerprint density at radius 1 is 1.11 bits per heavy atom. The third-order valence-corrected chi connectivity index (χ3v) is 2.77. The summed E-state index contributed by atoms with van der Waals surface area (Å²) in [7, 11) is 0. The summed E-state index contributed by atoms with van der Waals surface area (Å²) in [5.41, 5.74) is 7.29. The summed E-state index contributed by atoms with van der Waals surface area (Å²) in [5.74, 6) is -0.261. The zero-order valence-electron chi connectivity index (χ0n) is 9.64. The summed E-state index contributed by atoms with van der Waals surface area (Å²) in [6.45, 7) is 0. The molecule has 2 rings (SSSR count). The van der Waals surface area contributed by atoms with E-state index in [1.807, 2.05) is 30.3 Å². The van der Waals surface area contributed by atoms with Crippen LogP contribution >= 0.6 is 11.6 Å². The van der Waals surface area contributed by atoms with Gasteiger partial charge in [0.15, 0.2) is 0 Å². The van der Waals surface area contributed by atoms with Gasteiger partial charge in [0.1, 0.15) is 6.04 Å². The van der Waals surface area contributed by atoms with E-state index in [1.165, 1.54) is 0 Å². The highest BCUT2D eigenvalue weighted by Crippen LogP contribution is 2.17. The second kappa shape index (κ2) is 5.67. The van der Waals surface area contributed by atoms with E-state index in [-0.39, 0.29) is 5.91 Å². The van der Waals surface area contributed by atoms with Gasteiger partial charge in [-0.25, -0.2) is 0 Å². The summed E-state index contributed by atoms with van der Waals surface area (Å²) in [6, 6.07) is 15.5. The Balaban J connectivity index is 2.09. The molecule has 0 aliphatic rings. The predicted octanol–water partition coefficient (Wildman–Crippen LogP) is 2.98. The molecule has 1 amide bonds. The fourth-order valence-electron chi connectivity index (χ4n) is 1.60. The molecule has 2 aromatic carbocycles. The molecule has 18 heavy (non-hydrogen) atoms. The van der Waals surface area contributed by atoms with Crippen molar-refractivity contribution in [3.05, 3.63) is 65.2 Å². The largest absolute Gasteiger partial charge is 0.324 e. The molecule has 0 aliphatic heterocycles. The van der Waals surface area contributed by atoms with Gasteiger partial charge < -0.3 is 11.1 Å². The van der Waals surface area contributed by atoms with Crippen molar-refractivity contribution in [2.24, 2.45) is 5.73 Å². The Morgan fingerprint density at radius 3 is 2.50 bits per heavy atom. The van der Waals surface area contributed by atoms with Crippen molar-refractivity contribution in [1.29, 1.82) is 0 Å². The SMILES string of the molecule is N[C@H](C(=O)Nc1cccc(Cl)c1)c1ccccc1. The molecule has 4 heteroatoms. The van der Waals surface area contributed by atoms with Crippen LogP contribution in [0.25, 0.3) is 0 Å². The number of hydrogen-bond acceptors (Lipinski definition) is 2. The molecule has 2 aromatic rings. The lowest BCUT2D eigenvalue weighted by molar-refractivity contribution is -0.117. The van der Waals surface area contributed by atoms with Gasteiger partial charge >= 0.3 is 0 Å². The number of nitrogens with two attached hydrogens (primary N) is 1. The van der Waals surface area contributed by atoms with E-state index in [9.17, 15) is 4.79 Å². The van der Waals surface area contributed by atoms with Crippen LogP contribution in [0.3, 0.4) is 0 Å². The number of amides is 1. The zero-order chi connectivity index (χ0) is 13.0. The van der Waals surface area contributed by atoms with E-state index in [2.05, 4.69) is 5.32 Å². The highest BCUT2D eigenvalue weighted by atomic mass is 35.5. The summed E-state index contributed by atoms with van der Waals surface area (Å²) < 4.78 is 0. The van der Waals surface area contributed by atoms with Crippen molar-refractivity contribution in [2.75, 3.05) is 5.32 Å². The lowest BCUT2D eigenvalue weighted by atomic mass is 10.1. The molecule has 0 fully saturated rings. The van der Waals surface area contributed by atoms with Gasteiger partial charge in [0, 0.05) is 10.7 Å². The second-order valence-corrected chi connectivity index (χ2v) is 4.32. The Kier molecular flexibility index (Phi) is 3.97. The molecule has 92 valence electrons. The highest BCUT2D eigenvalue weighted by molar-refractivity contribution is 6.30. The highest BCUT2D eigenvalue weighted by Gasteiger charge is 2.15. The number of nitrogens with one attached hydrogen (secondary N) is 1. The number of anilines is 1. The monoisotopic (exact) mass is 260 g/mol. The number of carbonyl (C=O) groups is 1. The maximum Gasteiger partial charge on any atom is 0.245 e. The maximum absolute atomic E-state index is 11.9. The molecule has 0 saturated heterocycles. The molecule has 0 bridgehead atoms. The Labute approximate surface area is 111 Å². The standard InChI is InChI=1S/C14H13ClN2O/c15-11-7-4-8-12(9-11)17-14(18)13(16)10-5-2-1-3-6-10/h1-9,13H,16H2,(H,17,18)/t13-/m0/s1. The van der Waals surface area contributed by atoms with Crippen molar-refractivity contribution in [1.82, 2.24) is 0 Å². The van der Waals surface area contributed by atoms with Gasteiger partial charge in [0.05, 0.1) is 0 Å². The summed E-state index contributed by atoms with van der Waals surface area (Å²) in [5, 5.41) is 3.30. The molecule has 1 atom stereocenters. The molecular weight excluding hydrogens is 248 g/mol. The Morgan fingerprint density at radius 2 is 1.83 bits per heavy atom. The number of hydrogen-bond donors (Lipinski definition) is 2. The molecular formula is C14H13ClN2O. The first-order chi connectivity index (χ1) is 8.66. The minimum atomic E-state index is -0.690. The Bertz CT molecular complexity index is 543. The van der Waals surface area contributed by atoms with Crippen LogP contribution in [0.4, 0.5) is 5.69 Å². The lowest BCUT2D eigenvalue weighted by Gasteiger charge is -2.12. The van der Waals surface area contributed by atoms with Crippen LogP contribution < -0.4 is 11.1 Å². The number of rotatable bonds is 3. The van der Waals surface area contributed by atoms with Crippen LogP contribution in [-0.2, 0) is 4.79 Å². The maximum atomic E-state index is 11.9. The molecule has 3 nitrogen and oxygen atoms in total. The summed E-state index contributed by atoms with van der Waals surface area (Å²) in [4.78, 5) is 11.9. The molecule has 0 heterocycles. The van der Waals surface area contributed by atoms with Gasteiger partial charge in [-0.1, -0.05) is 48.0 Å². The normalized spacial score (nSPS) is 11.9. The minimum absolute atomic E-state index is 0.261. The van der Waals surface area contributed by atoms with E-state index < -0.39 is 6.04 Å². The zero-order valence-corrected chi connectivity index (χ0v) is 10.4. The predicted molar refractivity (Wildman–Crippen MR) is 73.5 cm³/mol. The van der Waals surface area contributed by atoms with Gasteiger partial charge in [0.25, 0.3) is 0 Å². The Hall–Kier alpha value is -1.84. The fourth-order valence-corrected chi connectivity index (χ4v) is 1.79. The van der Waals surface area contributed by atoms with Crippen molar-refractivity contribution < 1.29 is 4.79 Å². The molecule has 0 spiro atoms. The van der Waals surface area contributed by atoms with Crippen molar-refractivity contribution >= 4 is 23.2 Å². The molecule has 3 N–H and O–H groups in total.